The van der Waals surface area contributed by atoms with Crippen LogP contribution in [0.1, 0.15) is 23.2 Å². The van der Waals surface area contributed by atoms with Gasteiger partial charge in [0, 0.05) is 23.0 Å². The van der Waals surface area contributed by atoms with Gasteiger partial charge in [-0.2, -0.15) is 5.10 Å². The van der Waals surface area contributed by atoms with Crippen LogP contribution in [-0.4, -0.2) is 38.8 Å². The van der Waals surface area contributed by atoms with Crippen LogP contribution in [0, 0.1) is 0 Å². The van der Waals surface area contributed by atoms with Gasteiger partial charge in [-0.1, -0.05) is 30.3 Å². The van der Waals surface area contributed by atoms with Gasteiger partial charge in [0.2, 0.25) is 0 Å². The molecule has 1 unspecified atom stereocenters. The van der Waals surface area contributed by atoms with Crippen molar-refractivity contribution in [3.05, 3.63) is 70.9 Å². The molecular weight excluding hydrogens is 396 g/mol. The third-order valence-corrected chi connectivity index (χ3v) is 5.31. The highest BCUT2D eigenvalue weighted by molar-refractivity contribution is 6.27. The zero-order valence-electron chi connectivity index (χ0n) is 16.6. The van der Waals surface area contributed by atoms with Gasteiger partial charge in [0.25, 0.3) is 5.91 Å². The van der Waals surface area contributed by atoms with Crippen LogP contribution in [0.2, 0.25) is 0 Å². The van der Waals surface area contributed by atoms with Gasteiger partial charge in [-0.3, -0.25) is 9.59 Å². The molecule has 158 valence electrons. The number of nitrogens with two attached hydrogens (primary N) is 1. The molecule has 1 amide bonds. The fraction of sp³-hybridized carbons (Fsp3) is 0.174. The first-order valence-corrected chi connectivity index (χ1v) is 9.87. The van der Waals surface area contributed by atoms with E-state index in [-0.39, 0.29) is 18.1 Å². The van der Waals surface area contributed by atoms with Crippen molar-refractivity contribution in [1.82, 2.24) is 10.4 Å². The van der Waals surface area contributed by atoms with Crippen molar-refractivity contribution >= 4 is 34.6 Å². The molecular formula is C23H22N4O4. The monoisotopic (exact) mass is 418 g/mol. The molecule has 0 bridgehead atoms. The van der Waals surface area contributed by atoms with E-state index in [1.807, 2.05) is 36.4 Å². The standard InChI is InChI=1S/C23H22N4O4/c24-18(23(30)31)11-16-15-3-1-2-4-19(15)25-21(16)12-17-20(26-27-22(17)29)10-7-13-5-8-14(28)9-6-13/h1-6,8-9,12,18,25,28H,7,10-11,24H2,(H,27,29)(H,30,31). The Morgan fingerprint density at radius 1 is 1.13 bits per heavy atom. The first-order chi connectivity index (χ1) is 14.9. The number of aromatic amines is 1. The second-order valence-electron chi connectivity index (χ2n) is 7.44. The van der Waals surface area contributed by atoms with Gasteiger partial charge in [0.1, 0.15) is 11.8 Å². The van der Waals surface area contributed by atoms with Gasteiger partial charge in [-0.05, 0) is 48.2 Å². The van der Waals surface area contributed by atoms with E-state index < -0.39 is 12.0 Å². The van der Waals surface area contributed by atoms with E-state index in [9.17, 15) is 19.8 Å². The summed E-state index contributed by atoms with van der Waals surface area (Å²) < 4.78 is 0. The van der Waals surface area contributed by atoms with Crippen LogP contribution in [-0.2, 0) is 22.4 Å². The Labute approximate surface area is 178 Å². The number of para-hydroxylation sites is 1. The van der Waals surface area contributed by atoms with E-state index in [4.69, 9.17) is 5.73 Å². The largest absolute Gasteiger partial charge is 0.508 e. The van der Waals surface area contributed by atoms with Crippen LogP contribution in [0.4, 0.5) is 0 Å². The van der Waals surface area contributed by atoms with Crippen LogP contribution in [0.5, 0.6) is 5.75 Å². The molecule has 1 aliphatic heterocycles. The third-order valence-electron chi connectivity index (χ3n) is 5.31. The SMILES string of the molecule is NC(Cc1c(C=C2C(=O)NN=C2CCc2ccc(O)cc2)[nH]c2ccccc12)C(=O)O. The number of amides is 1. The smallest absolute Gasteiger partial charge is 0.320 e. The molecule has 2 aromatic carbocycles. The Hall–Kier alpha value is -3.91. The number of carboxylic acids is 1. The number of carbonyl (C=O) groups excluding carboxylic acids is 1. The summed E-state index contributed by atoms with van der Waals surface area (Å²) in [6, 6.07) is 13.4. The number of hydrazone groups is 1. The lowest BCUT2D eigenvalue weighted by Gasteiger charge is -2.08. The molecule has 1 aliphatic rings. The molecule has 0 radical (unpaired) electrons. The molecule has 8 heteroatoms. The maximum absolute atomic E-state index is 12.4. The number of nitrogens with one attached hydrogen (secondary N) is 2. The second-order valence-corrected chi connectivity index (χ2v) is 7.44. The van der Waals surface area contributed by atoms with E-state index in [0.717, 1.165) is 22.0 Å². The lowest BCUT2D eigenvalue weighted by atomic mass is 9.98. The van der Waals surface area contributed by atoms with E-state index in [0.29, 0.717) is 29.8 Å². The summed E-state index contributed by atoms with van der Waals surface area (Å²) in [7, 11) is 0. The number of aliphatic carboxylic acids is 1. The van der Waals surface area contributed by atoms with Gasteiger partial charge < -0.3 is 20.9 Å². The van der Waals surface area contributed by atoms with Gasteiger partial charge in [0.15, 0.2) is 0 Å². The molecule has 4 rings (SSSR count). The van der Waals surface area contributed by atoms with Gasteiger partial charge >= 0.3 is 5.97 Å². The summed E-state index contributed by atoms with van der Waals surface area (Å²) in [4.78, 5) is 27.0. The molecule has 3 aromatic rings. The van der Waals surface area contributed by atoms with Crippen LogP contribution in [0.15, 0.2) is 59.2 Å². The molecule has 8 nitrogen and oxygen atoms in total. The quantitative estimate of drug-likeness (QED) is 0.375. The van der Waals surface area contributed by atoms with Crippen molar-refractivity contribution in [2.75, 3.05) is 0 Å². The van der Waals surface area contributed by atoms with E-state index in [1.165, 1.54) is 0 Å². The summed E-state index contributed by atoms with van der Waals surface area (Å²) in [5.74, 6) is -1.20. The third kappa shape index (κ3) is 4.34. The number of rotatable bonds is 7. The summed E-state index contributed by atoms with van der Waals surface area (Å²) in [6.45, 7) is 0. The Bertz CT molecular complexity index is 1210. The Kier molecular flexibility index (Phi) is 5.55. The number of phenols is 1. The van der Waals surface area contributed by atoms with Crippen molar-refractivity contribution in [2.24, 2.45) is 10.8 Å². The highest BCUT2D eigenvalue weighted by atomic mass is 16.4. The Morgan fingerprint density at radius 3 is 2.61 bits per heavy atom. The zero-order valence-corrected chi connectivity index (χ0v) is 16.6. The van der Waals surface area contributed by atoms with Crippen molar-refractivity contribution in [2.45, 2.75) is 25.3 Å². The number of fused-ring (bicyclic) bond motifs is 1. The predicted octanol–water partition coefficient (Wildman–Crippen LogP) is 2.33. The van der Waals surface area contributed by atoms with E-state index in [2.05, 4.69) is 15.5 Å². The average molecular weight is 418 g/mol. The summed E-state index contributed by atoms with van der Waals surface area (Å²) in [5.41, 5.74) is 12.6. The number of aryl methyl sites for hydroxylation is 1. The molecule has 31 heavy (non-hydrogen) atoms. The summed E-state index contributed by atoms with van der Waals surface area (Å²) in [6.07, 6.45) is 3.01. The van der Waals surface area contributed by atoms with Crippen LogP contribution in [0.25, 0.3) is 17.0 Å². The van der Waals surface area contributed by atoms with E-state index >= 15 is 0 Å². The van der Waals surface area contributed by atoms with Crippen LogP contribution in [0.3, 0.4) is 0 Å². The molecule has 1 atom stereocenters. The van der Waals surface area contributed by atoms with Crippen molar-refractivity contribution < 1.29 is 19.8 Å². The Balaban J connectivity index is 1.65. The van der Waals surface area contributed by atoms with E-state index in [1.54, 1.807) is 18.2 Å². The average Bonchev–Trinajstić information content (AvgIpc) is 3.28. The summed E-state index contributed by atoms with van der Waals surface area (Å²) >= 11 is 0. The fourth-order valence-corrected chi connectivity index (χ4v) is 3.65. The molecule has 2 heterocycles. The van der Waals surface area contributed by atoms with Gasteiger partial charge in [-0.15, -0.1) is 0 Å². The highest BCUT2D eigenvalue weighted by Crippen LogP contribution is 2.27. The molecule has 0 aliphatic carbocycles. The number of H-pyrrole nitrogens is 1. The molecule has 0 saturated heterocycles. The molecule has 1 aromatic heterocycles. The number of carboxylic acid groups (broad SMARTS) is 1. The number of nitrogens with zero attached hydrogens (tertiary/aromatic N) is 1. The number of phenolic OH excluding ortho intramolecular Hbond substituents is 1. The van der Waals surface area contributed by atoms with Crippen LogP contribution >= 0.6 is 0 Å². The highest BCUT2D eigenvalue weighted by Gasteiger charge is 2.24. The van der Waals surface area contributed by atoms with Crippen molar-refractivity contribution in [3.8, 4) is 5.75 Å². The minimum atomic E-state index is -1.08. The Morgan fingerprint density at radius 2 is 1.87 bits per heavy atom. The zero-order chi connectivity index (χ0) is 22.0. The minimum Gasteiger partial charge on any atom is -0.508 e. The fourth-order valence-electron chi connectivity index (χ4n) is 3.65. The normalized spacial score (nSPS) is 15.8. The van der Waals surface area contributed by atoms with Gasteiger partial charge in [-0.25, -0.2) is 5.43 Å². The number of hydrogen-bond donors (Lipinski definition) is 5. The van der Waals surface area contributed by atoms with Crippen molar-refractivity contribution in [1.29, 1.82) is 0 Å². The number of benzene rings is 2. The number of aromatic nitrogens is 1. The molecule has 0 fully saturated rings. The number of carbonyl (C=O) groups is 2. The molecule has 0 spiro atoms. The first-order valence-electron chi connectivity index (χ1n) is 9.87. The second kappa shape index (κ2) is 8.45. The number of hydrogen-bond acceptors (Lipinski definition) is 5. The maximum Gasteiger partial charge on any atom is 0.320 e. The molecule has 0 saturated carbocycles. The lowest BCUT2D eigenvalue weighted by molar-refractivity contribution is -0.138. The topological polar surface area (TPSA) is 141 Å². The van der Waals surface area contributed by atoms with Crippen LogP contribution < -0.4 is 11.2 Å². The maximum atomic E-state index is 12.4. The lowest BCUT2D eigenvalue weighted by Crippen LogP contribution is -2.32. The summed E-state index contributed by atoms with van der Waals surface area (Å²) in [5, 5.41) is 23.7. The van der Waals surface area contributed by atoms with Gasteiger partial charge in [0.05, 0.1) is 11.3 Å². The molecule has 6 N–H and O–H groups in total. The minimum absolute atomic E-state index is 0.125. The van der Waals surface area contributed by atoms with Crippen molar-refractivity contribution in [3.63, 3.8) is 0 Å². The predicted molar refractivity (Wildman–Crippen MR) is 118 cm³/mol. The number of aromatic hydroxyl groups is 1. The first kappa shape index (κ1) is 20.4.